The Balaban J connectivity index is 1.25. The van der Waals surface area contributed by atoms with Gasteiger partial charge in [0.1, 0.15) is 0 Å². The van der Waals surface area contributed by atoms with E-state index in [4.69, 9.17) is 0 Å². The van der Waals surface area contributed by atoms with Crippen LogP contribution in [0.4, 0.5) is 5.69 Å². The molecule has 30 heavy (non-hydrogen) atoms. The second kappa shape index (κ2) is 9.30. The summed E-state index contributed by atoms with van der Waals surface area (Å²) >= 11 is 1.76. The third-order valence-electron chi connectivity index (χ3n) is 5.55. The molecule has 4 rings (SSSR count). The minimum absolute atomic E-state index is 0.107. The molecule has 2 aliphatic rings. The highest BCUT2D eigenvalue weighted by atomic mass is 32.2. The highest BCUT2D eigenvalue weighted by molar-refractivity contribution is 7.98. The van der Waals surface area contributed by atoms with Gasteiger partial charge in [-0.15, -0.1) is 11.8 Å². The normalized spacial score (nSPS) is 20.3. The van der Waals surface area contributed by atoms with E-state index in [0.717, 1.165) is 5.75 Å². The molecule has 6 heteroatoms. The minimum atomic E-state index is -0.244. The van der Waals surface area contributed by atoms with Crippen molar-refractivity contribution in [3.05, 3.63) is 72.3 Å². The van der Waals surface area contributed by atoms with Crippen LogP contribution in [0, 0.1) is 11.8 Å². The van der Waals surface area contributed by atoms with E-state index < -0.39 is 0 Å². The zero-order valence-corrected chi connectivity index (χ0v) is 17.4. The van der Waals surface area contributed by atoms with Crippen molar-refractivity contribution >= 4 is 35.2 Å². The van der Waals surface area contributed by atoms with Gasteiger partial charge in [-0.3, -0.25) is 19.3 Å². The second-order valence-electron chi connectivity index (χ2n) is 7.58. The molecule has 1 aliphatic heterocycles. The first-order chi connectivity index (χ1) is 14.6. The average molecular weight is 421 g/mol. The van der Waals surface area contributed by atoms with Gasteiger partial charge in [0, 0.05) is 29.3 Å². The van der Waals surface area contributed by atoms with Crippen molar-refractivity contribution in [2.24, 2.45) is 11.8 Å². The number of thioether (sulfide) groups is 1. The highest BCUT2D eigenvalue weighted by Crippen LogP contribution is 2.35. The lowest BCUT2D eigenvalue weighted by atomic mass is 9.85. The lowest BCUT2D eigenvalue weighted by Crippen LogP contribution is -2.34. The number of nitrogens with zero attached hydrogens (tertiary/aromatic N) is 1. The first kappa shape index (κ1) is 20.4. The van der Waals surface area contributed by atoms with Crippen molar-refractivity contribution < 1.29 is 14.4 Å². The molecule has 1 N–H and O–H groups in total. The Morgan fingerprint density at radius 3 is 2.20 bits per heavy atom. The quantitative estimate of drug-likeness (QED) is 0.413. The Kier molecular flexibility index (Phi) is 6.33. The third kappa shape index (κ3) is 4.65. The zero-order chi connectivity index (χ0) is 20.9. The van der Waals surface area contributed by atoms with E-state index in [-0.39, 0.29) is 42.5 Å². The zero-order valence-electron chi connectivity index (χ0n) is 16.6. The number of hydrogen-bond acceptors (Lipinski definition) is 4. The maximum atomic E-state index is 12.5. The molecule has 0 radical (unpaired) electrons. The molecule has 2 aromatic rings. The summed E-state index contributed by atoms with van der Waals surface area (Å²) in [5.74, 6) is -0.104. The predicted molar refractivity (Wildman–Crippen MR) is 118 cm³/mol. The number of carbonyl (C=O) groups excluding carboxylic acids is 3. The van der Waals surface area contributed by atoms with Crippen LogP contribution < -0.4 is 5.32 Å². The number of amides is 3. The summed E-state index contributed by atoms with van der Waals surface area (Å²) in [4.78, 5) is 39.7. The smallest absolute Gasteiger partial charge is 0.233 e. The molecule has 1 fully saturated rings. The van der Waals surface area contributed by atoms with Crippen molar-refractivity contribution in [1.82, 2.24) is 4.90 Å². The summed E-state index contributed by atoms with van der Waals surface area (Å²) < 4.78 is 0. The van der Waals surface area contributed by atoms with Gasteiger partial charge in [0.2, 0.25) is 17.7 Å². The van der Waals surface area contributed by atoms with Gasteiger partial charge in [0.25, 0.3) is 0 Å². The standard InChI is InChI=1S/C24H24N2O3S/c27-22(14-15-26-23(28)20-8-4-5-9-21(20)24(26)29)25-18-12-10-17(11-13-18)16-30-19-6-2-1-3-7-19/h1-7,10-13,20-21H,8-9,14-16H2,(H,25,27)/t20-,21+. The average Bonchev–Trinajstić information content (AvgIpc) is 3.02. The fraction of sp³-hybridized carbons (Fsp3) is 0.292. The SMILES string of the molecule is O=C(CCN1C(=O)[C@H]2CC=CC[C@H]2C1=O)Nc1ccc(CSc2ccccc2)cc1. The molecular weight excluding hydrogens is 396 g/mol. The molecule has 1 heterocycles. The first-order valence-corrected chi connectivity index (χ1v) is 11.2. The van der Waals surface area contributed by atoms with Crippen LogP contribution in [0.15, 0.2) is 71.6 Å². The number of hydrogen-bond donors (Lipinski definition) is 1. The molecule has 0 bridgehead atoms. The molecule has 0 aromatic heterocycles. The molecule has 2 aromatic carbocycles. The lowest BCUT2D eigenvalue weighted by Gasteiger charge is -2.14. The van der Waals surface area contributed by atoms with Gasteiger partial charge >= 0.3 is 0 Å². The summed E-state index contributed by atoms with van der Waals surface area (Å²) in [6.45, 7) is 0.141. The van der Waals surface area contributed by atoms with Gasteiger partial charge in [-0.1, -0.05) is 42.5 Å². The van der Waals surface area contributed by atoms with Gasteiger partial charge in [0.05, 0.1) is 11.8 Å². The van der Waals surface area contributed by atoms with E-state index in [2.05, 4.69) is 17.4 Å². The van der Waals surface area contributed by atoms with Crippen LogP contribution in [-0.2, 0) is 20.1 Å². The van der Waals surface area contributed by atoms with Gasteiger partial charge < -0.3 is 5.32 Å². The highest BCUT2D eigenvalue weighted by Gasteiger charge is 2.46. The number of anilines is 1. The topological polar surface area (TPSA) is 66.5 Å². The Hall–Kier alpha value is -2.86. The summed E-state index contributed by atoms with van der Waals surface area (Å²) in [7, 11) is 0. The fourth-order valence-corrected chi connectivity index (χ4v) is 4.77. The van der Waals surface area contributed by atoms with Crippen LogP contribution in [-0.4, -0.2) is 29.2 Å². The summed E-state index contributed by atoms with van der Waals surface area (Å²) in [5, 5.41) is 2.85. The number of allylic oxidation sites excluding steroid dienone is 2. The molecule has 2 atom stereocenters. The van der Waals surface area contributed by atoms with Crippen molar-refractivity contribution in [3.63, 3.8) is 0 Å². The van der Waals surface area contributed by atoms with Crippen LogP contribution in [0.2, 0.25) is 0 Å². The molecule has 3 amide bonds. The minimum Gasteiger partial charge on any atom is -0.326 e. The molecule has 154 valence electrons. The number of imide groups is 1. The Bertz CT molecular complexity index is 930. The molecule has 0 saturated carbocycles. The van der Waals surface area contributed by atoms with Crippen molar-refractivity contribution in [2.75, 3.05) is 11.9 Å². The van der Waals surface area contributed by atoms with Crippen molar-refractivity contribution in [3.8, 4) is 0 Å². The maximum Gasteiger partial charge on any atom is 0.233 e. The molecule has 0 unspecified atom stereocenters. The fourth-order valence-electron chi connectivity index (χ4n) is 3.89. The first-order valence-electron chi connectivity index (χ1n) is 10.2. The van der Waals surface area contributed by atoms with Crippen molar-refractivity contribution in [1.29, 1.82) is 0 Å². The van der Waals surface area contributed by atoms with Crippen LogP contribution in [0.5, 0.6) is 0 Å². The van der Waals surface area contributed by atoms with E-state index in [0.29, 0.717) is 18.5 Å². The van der Waals surface area contributed by atoms with Crippen LogP contribution in [0.3, 0.4) is 0 Å². The summed E-state index contributed by atoms with van der Waals surface area (Å²) in [6.07, 6.45) is 5.27. The number of rotatable bonds is 7. The third-order valence-corrected chi connectivity index (χ3v) is 6.63. The predicted octanol–water partition coefficient (Wildman–Crippen LogP) is 4.26. The van der Waals surface area contributed by atoms with Gasteiger partial charge in [-0.2, -0.15) is 0 Å². The summed E-state index contributed by atoms with van der Waals surface area (Å²) in [5.41, 5.74) is 1.89. The van der Waals surface area contributed by atoms with E-state index in [1.165, 1.54) is 15.4 Å². The maximum absolute atomic E-state index is 12.5. The molecule has 0 spiro atoms. The van der Waals surface area contributed by atoms with Crippen LogP contribution in [0.25, 0.3) is 0 Å². The number of carbonyl (C=O) groups is 3. The summed E-state index contributed by atoms with van der Waals surface area (Å²) in [6, 6.07) is 18.0. The molecular formula is C24H24N2O3S. The van der Waals surface area contributed by atoms with Gasteiger partial charge in [-0.05, 0) is 42.7 Å². The Labute approximate surface area is 180 Å². The van der Waals surface area contributed by atoms with Crippen molar-refractivity contribution in [2.45, 2.75) is 29.9 Å². The molecule has 1 saturated heterocycles. The largest absolute Gasteiger partial charge is 0.326 e. The van der Waals surface area contributed by atoms with Crippen LogP contribution in [0.1, 0.15) is 24.8 Å². The molecule has 5 nitrogen and oxygen atoms in total. The van der Waals surface area contributed by atoms with Gasteiger partial charge in [0.15, 0.2) is 0 Å². The lowest BCUT2D eigenvalue weighted by molar-refractivity contribution is -0.140. The van der Waals surface area contributed by atoms with E-state index >= 15 is 0 Å². The van der Waals surface area contributed by atoms with E-state index in [1.54, 1.807) is 11.8 Å². The number of fused-ring (bicyclic) bond motifs is 1. The van der Waals surface area contributed by atoms with Crippen LogP contribution >= 0.6 is 11.8 Å². The number of benzene rings is 2. The number of likely N-dealkylation sites (tertiary alicyclic amines) is 1. The Morgan fingerprint density at radius 1 is 0.933 bits per heavy atom. The monoisotopic (exact) mass is 420 g/mol. The van der Waals surface area contributed by atoms with Gasteiger partial charge in [-0.25, -0.2) is 0 Å². The number of nitrogens with one attached hydrogen (secondary N) is 1. The molecule has 1 aliphatic carbocycles. The second-order valence-corrected chi connectivity index (χ2v) is 8.63. The van der Waals surface area contributed by atoms with E-state index in [1.807, 2.05) is 54.6 Å². The Morgan fingerprint density at radius 2 is 1.57 bits per heavy atom. The van der Waals surface area contributed by atoms with E-state index in [9.17, 15) is 14.4 Å².